The highest BCUT2D eigenvalue weighted by Gasteiger charge is 2.27. The highest BCUT2D eigenvalue weighted by Crippen LogP contribution is 2.16. The van der Waals surface area contributed by atoms with Gasteiger partial charge in [-0.05, 0) is 29.7 Å². The van der Waals surface area contributed by atoms with Crippen LogP contribution in [0.25, 0.3) is 0 Å². The van der Waals surface area contributed by atoms with Crippen LogP contribution >= 0.6 is 11.6 Å². The molecule has 0 fully saturated rings. The minimum Gasteiger partial charge on any atom is -0.357 e. The van der Waals surface area contributed by atoms with E-state index in [2.05, 4.69) is 5.32 Å². The summed E-state index contributed by atoms with van der Waals surface area (Å²) in [5.41, 5.74) is 1.87. The number of halogens is 1. The van der Waals surface area contributed by atoms with Crippen LogP contribution in [0.4, 0.5) is 0 Å². The zero-order chi connectivity index (χ0) is 18.2. The van der Waals surface area contributed by atoms with E-state index in [1.807, 2.05) is 49.4 Å². The predicted molar refractivity (Wildman–Crippen MR) is 100 cm³/mol. The number of nitrogens with one attached hydrogen (secondary N) is 1. The summed E-state index contributed by atoms with van der Waals surface area (Å²) < 4.78 is 0. The molecule has 0 aliphatic heterocycles. The first-order chi connectivity index (χ1) is 12.0. The lowest BCUT2D eigenvalue weighted by molar-refractivity contribution is -0.140. The Morgan fingerprint density at radius 1 is 1.04 bits per heavy atom. The summed E-state index contributed by atoms with van der Waals surface area (Å²) in [4.78, 5) is 26.8. The number of rotatable bonds is 7. The van der Waals surface area contributed by atoms with Gasteiger partial charge in [0.2, 0.25) is 11.8 Å². The average molecular weight is 359 g/mol. The van der Waals surface area contributed by atoms with E-state index in [0.29, 0.717) is 18.0 Å². The first kappa shape index (κ1) is 19.0. The summed E-state index contributed by atoms with van der Waals surface area (Å²) >= 11 is 5.94. The van der Waals surface area contributed by atoms with Crippen molar-refractivity contribution in [2.45, 2.75) is 32.4 Å². The second-order valence-electron chi connectivity index (χ2n) is 5.85. The van der Waals surface area contributed by atoms with Crippen LogP contribution in [0.5, 0.6) is 0 Å². The third kappa shape index (κ3) is 5.33. The zero-order valence-corrected chi connectivity index (χ0v) is 15.3. The van der Waals surface area contributed by atoms with Crippen molar-refractivity contribution in [3.63, 3.8) is 0 Å². The van der Waals surface area contributed by atoms with Crippen LogP contribution in [0, 0.1) is 0 Å². The molecule has 0 saturated heterocycles. The molecule has 0 aliphatic carbocycles. The van der Waals surface area contributed by atoms with Gasteiger partial charge in [-0.3, -0.25) is 9.59 Å². The summed E-state index contributed by atoms with van der Waals surface area (Å²) in [7, 11) is 1.59. The van der Waals surface area contributed by atoms with Crippen LogP contribution < -0.4 is 5.32 Å². The minimum atomic E-state index is -0.503. The third-order valence-electron chi connectivity index (χ3n) is 4.10. The van der Waals surface area contributed by atoms with E-state index in [1.54, 1.807) is 24.1 Å². The van der Waals surface area contributed by atoms with Gasteiger partial charge in [0.05, 0.1) is 6.42 Å². The molecule has 2 rings (SSSR count). The standard InChI is InChI=1S/C20H23ClN2O2/c1-3-18(20(25)22-2)23(14-16-9-11-17(21)12-10-16)19(24)13-15-7-5-4-6-8-15/h4-12,18H,3,13-14H2,1-2H3,(H,22,25). The van der Waals surface area contributed by atoms with Crippen molar-refractivity contribution in [1.29, 1.82) is 0 Å². The van der Waals surface area contributed by atoms with Gasteiger partial charge in [-0.15, -0.1) is 0 Å². The summed E-state index contributed by atoms with van der Waals surface area (Å²) in [6.45, 7) is 2.28. The molecule has 1 atom stereocenters. The molecule has 1 unspecified atom stereocenters. The van der Waals surface area contributed by atoms with Crippen molar-refractivity contribution >= 4 is 23.4 Å². The molecule has 0 heterocycles. The molecule has 0 bridgehead atoms. The molecular weight excluding hydrogens is 336 g/mol. The molecule has 0 aliphatic rings. The fourth-order valence-electron chi connectivity index (χ4n) is 2.74. The first-order valence-corrected chi connectivity index (χ1v) is 8.72. The zero-order valence-electron chi connectivity index (χ0n) is 14.5. The van der Waals surface area contributed by atoms with Crippen LogP contribution in [0.2, 0.25) is 5.02 Å². The van der Waals surface area contributed by atoms with Crippen LogP contribution in [0.1, 0.15) is 24.5 Å². The Kier molecular flexibility index (Phi) is 7.02. The lowest BCUT2D eigenvalue weighted by atomic mass is 10.1. The second kappa shape index (κ2) is 9.23. The van der Waals surface area contributed by atoms with Gasteiger partial charge >= 0.3 is 0 Å². The summed E-state index contributed by atoms with van der Waals surface area (Å²) in [6, 6.07) is 16.4. The largest absolute Gasteiger partial charge is 0.357 e. The van der Waals surface area contributed by atoms with Crippen molar-refractivity contribution in [3.8, 4) is 0 Å². The molecule has 2 amide bonds. The molecule has 0 spiro atoms. The first-order valence-electron chi connectivity index (χ1n) is 8.34. The van der Waals surface area contributed by atoms with Gasteiger partial charge in [-0.25, -0.2) is 0 Å². The number of carbonyl (C=O) groups excluding carboxylic acids is 2. The van der Waals surface area contributed by atoms with Gasteiger partial charge in [-0.2, -0.15) is 0 Å². The maximum Gasteiger partial charge on any atom is 0.242 e. The van der Waals surface area contributed by atoms with E-state index in [0.717, 1.165) is 11.1 Å². The number of hydrogen-bond acceptors (Lipinski definition) is 2. The quantitative estimate of drug-likeness (QED) is 0.824. The van der Waals surface area contributed by atoms with E-state index in [4.69, 9.17) is 11.6 Å². The molecule has 132 valence electrons. The lowest BCUT2D eigenvalue weighted by Crippen LogP contribution is -2.48. The SMILES string of the molecule is CCC(C(=O)NC)N(Cc1ccc(Cl)cc1)C(=O)Cc1ccccc1. The summed E-state index contributed by atoms with van der Waals surface area (Å²) in [6.07, 6.45) is 0.815. The van der Waals surface area contributed by atoms with Gasteiger partial charge in [0, 0.05) is 18.6 Å². The number of amides is 2. The fraction of sp³-hybridized carbons (Fsp3) is 0.300. The molecule has 4 nitrogen and oxygen atoms in total. The van der Waals surface area contributed by atoms with Crippen molar-refractivity contribution in [1.82, 2.24) is 10.2 Å². The highest BCUT2D eigenvalue weighted by atomic mass is 35.5. The molecule has 0 aromatic heterocycles. The monoisotopic (exact) mass is 358 g/mol. The summed E-state index contributed by atoms with van der Waals surface area (Å²) in [5, 5.41) is 3.30. The average Bonchev–Trinajstić information content (AvgIpc) is 2.63. The third-order valence-corrected chi connectivity index (χ3v) is 4.35. The number of likely N-dealkylation sites (N-methyl/N-ethyl adjacent to an activating group) is 1. The Hall–Kier alpha value is -2.33. The van der Waals surface area contributed by atoms with Crippen LogP contribution in [-0.4, -0.2) is 29.8 Å². The molecule has 0 saturated carbocycles. The molecule has 5 heteroatoms. The predicted octanol–water partition coefficient (Wildman–Crippen LogP) is 3.44. The van der Waals surface area contributed by atoms with Crippen LogP contribution in [-0.2, 0) is 22.6 Å². The number of benzene rings is 2. The van der Waals surface area contributed by atoms with E-state index in [1.165, 1.54) is 0 Å². The maximum atomic E-state index is 12.9. The van der Waals surface area contributed by atoms with Crippen molar-refractivity contribution in [3.05, 3.63) is 70.7 Å². The van der Waals surface area contributed by atoms with Gasteiger partial charge in [0.15, 0.2) is 0 Å². The Morgan fingerprint density at radius 3 is 2.24 bits per heavy atom. The normalized spacial score (nSPS) is 11.6. The molecule has 2 aromatic rings. The molecule has 0 radical (unpaired) electrons. The van der Waals surface area contributed by atoms with Gasteiger partial charge < -0.3 is 10.2 Å². The smallest absolute Gasteiger partial charge is 0.242 e. The van der Waals surface area contributed by atoms with Crippen LogP contribution in [0.15, 0.2) is 54.6 Å². The second-order valence-corrected chi connectivity index (χ2v) is 6.29. The van der Waals surface area contributed by atoms with Gasteiger partial charge in [0.25, 0.3) is 0 Å². The molecule has 1 N–H and O–H groups in total. The Morgan fingerprint density at radius 2 is 1.68 bits per heavy atom. The lowest BCUT2D eigenvalue weighted by Gasteiger charge is -2.30. The summed E-state index contributed by atoms with van der Waals surface area (Å²) in [5.74, 6) is -0.227. The maximum absolute atomic E-state index is 12.9. The topological polar surface area (TPSA) is 49.4 Å². The highest BCUT2D eigenvalue weighted by molar-refractivity contribution is 6.30. The van der Waals surface area contributed by atoms with Crippen molar-refractivity contribution < 1.29 is 9.59 Å². The number of carbonyl (C=O) groups is 2. The van der Waals surface area contributed by atoms with Crippen LogP contribution in [0.3, 0.4) is 0 Å². The number of nitrogens with zero attached hydrogens (tertiary/aromatic N) is 1. The van der Waals surface area contributed by atoms with Gasteiger partial charge in [-0.1, -0.05) is 61.0 Å². The Bertz CT molecular complexity index is 701. The Labute approximate surface area is 153 Å². The fourth-order valence-corrected chi connectivity index (χ4v) is 2.87. The molecule has 2 aromatic carbocycles. The van der Waals surface area contributed by atoms with E-state index < -0.39 is 6.04 Å². The van der Waals surface area contributed by atoms with E-state index in [-0.39, 0.29) is 18.2 Å². The number of hydrogen-bond donors (Lipinski definition) is 1. The van der Waals surface area contributed by atoms with Gasteiger partial charge in [0.1, 0.15) is 6.04 Å². The molecule has 25 heavy (non-hydrogen) atoms. The van der Waals surface area contributed by atoms with Crippen molar-refractivity contribution in [2.75, 3.05) is 7.05 Å². The van der Waals surface area contributed by atoms with Crippen molar-refractivity contribution in [2.24, 2.45) is 0 Å². The Balaban J connectivity index is 2.25. The molecular formula is C20H23ClN2O2. The van der Waals surface area contributed by atoms with E-state index in [9.17, 15) is 9.59 Å². The van der Waals surface area contributed by atoms with E-state index >= 15 is 0 Å². The minimum absolute atomic E-state index is 0.0726.